The van der Waals surface area contributed by atoms with Gasteiger partial charge in [0.2, 0.25) is 0 Å². The third kappa shape index (κ3) is 5.44. The molecule has 1 N–H and O–H groups in total. The topological polar surface area (TPSA) is 35.9 Å². The quantitative estimate of drug-likeness (QED) is 0.738. The molecule has 0 spiro atoms. The number of nitrogens with zero attached hydrogens (tertiary/aromatic N) is 2. The summed E-state index contributed by atoms with van der Waals surface area (Å²) in [7, 11) is 0. The van der Waals surface area contributed by atoms with E-state index >= 15 is 0 Å². The van der Waals surface area contributed by atoms with Gasteiger partial charge >= 0.3 is 0 Å². The Labute approximate surface area is 145 Å². The fourth-order valence-corrected chi connectivity index (χ4v) is 3.48. The van der Waals surface area contributed by atoms with Gasteiger partial charge in [0.15, 0.2) is 0 Å². The molecule has 0 radical (unpaired) electrons. The van der Waals surface area contributed by atoms with Crippen LogP contribution in [0, 0.1) is 0 Å². The molecule has 1 aliphatic rings. The van der Waals surface area contributed by atoms with Gasteiger partial charge in [-0.1, -0.05) is 36.7 Å². The molecule has 0 aromatic heterocycles. The minimum Gasteiger partial charge on any atom is -0.387 e. The van der Waals surface area contributed by atoms with Crippen molar-refractivity contribution in [2.24, 2.45) is 0 Å². The first-order valence-electron chi connectivity index (χ1n) is 8.62. The molecule has 1 aromatic rings. The van der Waals surface area contributed by atoms with Crippen LogP contribution in [-0.4, -0.2) is 66.9 Å². The summed E-state index contributed by atoms with van der Waals surface area (Å²) in [5.74, 6) is 0. The van der Waals surface area contributed by atoms with Gasteiger partial charge in [0.25, 0.3) is 0 Å². The Morgan fingerprint density at radius 3 is 2.78 bits per heavy atom. The average molecular weight is 341 g/mol. The van der Waals surface area contributed by atoms with E-state index in [1.165, 1.54) is 0 Å². The Kier molecular flexibility index (Phi) is 7.80. The predicted octanol–water partition coefficient (Wildman–Crippen LogP) is 2.81. The van der Waals surface area contributed by atoms with Crippen LogP contribution in [0.1, 0.15) is 31.9 Å². The lowest BCUT2D eigenvalue weighted by atomic mass is 10.1. The standard InChI is InChI=1S/C18H29ClN2O2/c1-3-15-13-20(9-10-21(15)11-12-23-4-2)14-18(22)16-7-5-6-8-17(16)19/h5-8,15,18,22H,3-4,9-14H2,1-2H3/t15-,18+/m0/s1. The van der Waals surface area contributed by atoms with E-state index in [9.17, 15) is 5.11 Å². The van der Waals surface area contributed by atoms with Crippen molar-refractivity contribution in [2.75, 3.05) is 45.9 Å². The maximum Gasteiger partial charge on any atom is 0.0931 e. The van der Waals surface area contributed by atoms with E-state index in [0.29, 0.717) is 17.6 Å². The Morgan fingerprint density at radius 1 is 1.30 bits per heavy atom. The van der Waals surface area contributed by atoms with E-state index < -0.39 is 6.10 Å². The number of halogens is 1. The molecule has 1 heterocycles. The lowest BCUT2D eigenvalue weighted by Gasteiger charge is -2.41. The number of β-amino-alcohol motifs (C(OH)–C–C–N with tert-alkyl or cyclic N) is 1. The van der Waals surface area contributed by atoms with Crippen LogP contribution in [0.2, 0.25) is 5.02 Å². The molecule has 23 heavy (non-hydrogen) atoms. The highest BCUT2D eigenvalue weighted by Crippen LogP contribution is 2.24. The summed E-state index contributed by atoms with van der Waals surface area (Å²) in [6, 6.07) is 8.08. The van der Waals surface area contributed by atoms with Gasteiger partial charge in [0.05, 0.1) is 12.7 Å². The summed E-state index contributed by atoms with van der Waals surface area (Å²) < 4.78 is 5.48. The third-order valence-electron chi connectivity index (χ3n) is 4.58. The third-order valence-corrected chi connectivity index (χ3v) is 4.93. The Bertz CT molecular complexity index is 472. The average Bonchev–Trinajstić information content (AvgIpc) is 2.56. The number of aliphatic hydroxyl groups is 1. The predicted molar refractivity (Wildman–Crippen MR) is 95.0 cm³/mol. The van der Waals surface area contributed by atoms with E-state index in [-0.39, 0.29) is 0 Å². The van der Waals surface area contributed by atoms with Crippen molar-refractivity contribution in [3.8, 4) is 0 Å². The molecule has 0 bridgehead atoms. The number of hydrogen-bond acceptors (Lipinski definition) is 4. The fraction of sp³-hybridized carbons (Fsp3) is 0.667. The first-order valence-corrected chi connectivity index (χ1v) is 9.00. The molecule has 5 heteroatoms. The van der Waals surface area contributed by atoms with Crippen molar-refractivity contribution in [3.05, 3.63) is 34.9 Å². The zero-order valence-electron chi connectivity index (χ0n) is 14.2. The smallest absolute Gasteiger partial charge is 0.0931 e. The summed E-state index contributed by atoms with van der Waals surface area (Å²) in [6.45, 7) is 10.5. The Morgan fingerprint density at radius 2 is 2.09 bits per heavy atom. The van der Waals surface area contributed by atoms with Crippen LogP contribution in [-0.2, 0) is 4.74 Å². The molecule has 2 rings (SSSR count). The van der Waals surface area contributed by atoms with Crippen molar-refractivity contribution in [1.82, 2.24) is 9.80 Å². The normalized spacial score (nSPS) is 21.5. The Hall–Kier alpha value is -0.650. The summed E-state index contributed by atoms with van der Waals surface area (Å²) in [4.78, 5) is 4.85. The highest BCUT2D eigenvalue weighted by Gasteiger charge is 2.27. The molecule has 130 valence electrons. The maximum absolute atomic E-state index is 10.5. The number of aliphatic hydroxyl groups excluding tert-OH is 1. The van der Waals surface area contributed by atoms with Crippen molar-refractivity contribution >= 4 is 11.6 Å². The lowest BCUT2D eigenvalue weighted by Crippen LogP contribution is -2.54. The van der Waals surface area contributed by atoms with Crippen LogP contribution >= 0.6 is 11.6 Å². The second kappa shape index (κ2) is 9.60. The van der Waals surface area contributed by atoms with Crippen LogP contribution in [0.15, 0.2) is 24.3 Å². The zero-order chi connectivity index (χ0) is 16.7. The van der Waals surface area contributed by atoms with E-state index in [4.69, 9.17) is 16.3 Å². The minimum atomic E-state index is -0.531. The Balaban J connectivity index is 1.87. The van der Waals surface area contributed by atoms with E-state index in [2.05, 4.69) is 16.7 Å². The summed E-state index contributed by atoms with van der Waals surface area (Å²) in [5.41, 5.74) is 0.820. The SMILES string of the molecule is CCOCCN1CCN(C[C@@H](O)c2ccccc2Cl)C[C@@H]1CC. The molecule has 1 aromatic carbocycles. The number of hydrogen-bond donors (Lipinski definition) is 1. The largest absolute Gasteiger partial charge is 0.387 e. The van der Waals surface area contributed by atoms with Gasteiger partial charge in [-0.2, -0.15) is 0 Å². The van der Waals surface area contributed by atoms with Crippen molar-refractivity contribution < 1.29 is 9.84 Å². The molecule has 1 aliphatic heterocycles. The van der Waals surface area contributed by atoms with Crippen molar-refractivity contribution in [3.63, 3.8) is 0 Å². The van der Waals surface area contributed by atoms with Crippen LogP contribution in [0.4, 0.5) is 0 Å². The molecule has 1 saturated heterocycles. The van der Waals surface area contributed by atoms with Gasteiger partial charge in [0.1, 0.15) is 0 Å². The number of piperazine rings is 1. The van der Waals surface area contributed by atoms with E-state index in [1.54, 1.807) is 0 Å². The first kappa shape index (κ1) is 18.7. The number of benzene rings is 1. The van der Waals surface area contributed by atoms with Gasteiger partial charge < -0.3 is 9.84 Å². The van der Waals surface area contributed by atoms with E-state index in [0.717, 1.165) is 51.4 Å². The van der Waals surface area contributed by atoms with Crippen LogP contribution < -0.4 is 0 Å². The second-order valence-corrected chi connectivity index (χ2v) is 6.50. The number of rotatable bonds is 8. The monoisotopic (exact) mass is 340 g/mol. The van der Waals surface area contributed by atoms with Gasteiger partial charge in [0, 0.05) is 56.0 Å². The maximum atomic E-state index is 10.5. The molecule has 0 amide bonds. The molecular weight excluding hydrogens is 312 g/mol. The van der Waals surface area contributed by atoms with Gasteiger partial charge in [-0.25, -0.2) is 0 Å². The van der Waals surface area contributed by atoms with Crippen LogP contribution in [0.5, 0.6) is 0 Å². The minimum absolute atomic E-state index is 0.530. The molecule has 4 nitrogen and oxygen atoms in total. The van der Waals surface area contributed by atoms with Crippen molar-refractivity contribution in [1.29, 1.82) is 0 Å². The number of ether oxygens (including phenoxy) is 1. The van der Waals surface area contributed by atoms with Crippen LogP contribution in [0.25, 0.3) is 0 Å². The lowest BCUT2D eigenvalue weighted by molar-refractivity contribution is 0.0213. The van der Waals surface area contributed by atoms with Crippen LogP contribution in [0.3, 0.4) is 0 Å². The molecule has 2 atom stereocenters. The zero-order valence-corrected chi connectivity index (χ0v) is 15.0. The highest BCUT2D eigenvalue weighted by molar-refractivity contribution is 6.31. The molecule has 0 aliphatic carbocycles. The fourth-order valence-electron chi connectivity index (χ4n) is 3.22. The highest BCUT2D eigenvalue weighted by atomic mass is 35.5. The summed E-state index contributed by atoms with van der Waals surface area (Å²) >= 11 is 6.19. The molecular formula is C18H29ClN2O2. The van der Waals surface area contributed by atoms with Crippen molar-refractivity contribution in [2.45, 2.75) is 32.4 Å². The van der Waals surface area contributed by atoms with Gasteiger partial charge in [-0.15, -0.1) is 0 Å². The van der Waals surface area contributed by atoms with E-state index in [1.807, 2.05) is 31.2 Å². The molecule has 0 saturated carbocycles. The van der Waals surface area contributed by atoms with Gasteiger partial charge in [-0.05, 0) is 19.4 Å². The molecule has 1 fully saturated rings. The second-order valence-electron chi connectivity index (χ2n) is 6.09. The summed E-state index contributed by atoms with van der Waals surface area (Å²) in [5, 5.41) is 11.1. The molecule has 0 unspecified atom stereocenters. The van der Waals surface area contributed by atoms with Gasteiger partial charge in [-0.3, -0.25) is 9.80 Å². The summed E-state index contributed by atoms with van der Waals surface area (Å²) in [6.07, 6.45) is 0.585. The first-order chi connectivity index (χ1) is 11.2.